The molecule has 0 spiro atoms. The summed E-state index contributed by atoms with van der Waals surface area (Å²) in [5.41, 5.74) is -0.181. The van der Waals surface area contributed by atoms with E-state index in [-0.39, 0.29) is 18.8 Å². The first-order valence-corrected chi connectivity index (χ1v) is 10.8. The summed E-state index contributed by atoms with van der Waals surface area (Å²) in [7, 11) is 0. The van der Waals surface area contributed by atoms with Gasteiger partial charge >= 0.3 is 18.2 Å². The zero-order valence-electron chi connectivity index (χ0n) is 20.3. The normalized spacial score (nSPS) is 11.5. The molecular formula is C25H32N2O6. The molecular weight excluding hydrogens is 424 g/mol. The Labute approximate surface area is 194 Å². The maximum Gasteiger partial charge on any atom is 0.425 e. The highest BCUT2D eigenvalue weighted by molar-refractivity contribution is 6.11. The van der Waals surface area contributed by atoms with E-state index in [1.807, 2.05) is 30.3 Å². The Balaban J connectivity index is 2.66. The van der Waals surface area contributed by atoms with Gasteiger partial charge in [-0.25, -0.2) is 14.6 Å². The molecule has 0 aliphatic heterocycles. The van der Waals surface area contributed by atoms with Gasteiger partial charge in [0, 0.05) is 5.56 Å². The minimum absolute atomic E-state index is 0.00602. The van der Waals surface area contributed by atoms with E-state index in [1.54, 1.807) is 60.6 Å². The number of hydrogen-bond acceptors (Lipinski definition) is 7. The minimum Gasteiger partial charge on any atom is -0.466 e. The molecule has 0 radical (unpaired) electrons. The molecule has 1 aromatic carbocycles. The molecule has 1 aromatic heterocycles. The fourth-order valence-electron chi connectivity index (χ4n) is 2.82. The third kappa shape index (κ3) is 7.89. The Bertz CT molecular complexity index is 962. The average Bonchev–Trinajstić information content (AvgIpc) is 2.66. The second-order valence-electron chi connectivity index (χ2n) is 9.32. The molecule has 178 valence electrons. The van der Waals surface area contributed by atoms with Crippen molar-refractivity contribution in [3.05, 3.63) is 48.2 Å². The first kappa shape index (κ1) is 25.8. The second kappa shape index (κ2) is 10.5. The highest BCUT2D eigenvalue weighted by atomic mass is 16.6. The van der Waals surface area contributed by atoms with E-state index in [1.165, 1.54) is 0 Å². The van der Waals surface area contributed by atoms with Gasteiger partial charge in [0.1, 0.15) is 11.2 Å². The molecule has 33 heavy (non-hydrogen) atoms. The van der Waals surface area contributed by atoms with E-state index in [9.17, 15) is 14.4 Å². The lowest BCUT2D eigenvalue weighted by molar-refractivity contribution is -0.142. The predicted octanol–water partition coefficient (Wildman–Crippen LogP) is 5.53. The van der Waals surface area contributed by atoms with Gasteiger partial charge in [0.15, 0.2) is 5.82 Å². The molecule has 0 aliphatic rings. The summed E-state index contributed by atoms with van der Waals surface area (Å²) in [5.74, 6) is -0.462. The molecule has 0 unspecified atom stereocenters. The smallest absolute Gasteiger partial charge is 0.425 e. The number of ether oxygens (including phenoxy) is 3. The summed E-state index contributed by atoms with van der Waals surface area (Å²) in [6.45, 7) is 12.1. The van der Waals surface area contributed by atoms with Crippen LogP contribution in [-0.2, 0) is 25.4 Å². The van der Waals surface area contributed by atoms with Gasteiger partial charge in [-0.1, -0.05) is 30.3 Å². The summed E-state index contributed by atoms with van der Waals surface area (Å²) >= 11 is 0. The second-order valence-corrected chi connectivity index (χ2v) is 9.32. The monoisotopic (exact) mass is 456 g/mol. The fourth-order valence-corrected chi connectivity index (χ4v) is 2.82. The summed E-state index contributed by atoms with van der Waals surface area (Å²) in [5, 5.41) is 0. The van der Waals surface area contributed by atoms with Crippen molar-refractivity contribution in [2.75, 3.05) is 11.5 Å². The SMILES string of the molecule is CCOC(=O)Cc1ccc(-c2ccccc2)c(N(C(=O)OC(C)(C)C)C(=O)OC(C)(C)C)n1. The van der Waals surface area contributed by atoms with Crippen molar-refractivity contribution in [1.29, 1.82) is 0 Å². The lowest BCUT2D eigenvalue weighted by atomic mass is 10.1. The van der Waals surface area contributed by atoms with Crippen molar-refractivity contribution < 1.29 is 28.6 Å². The Kier molecular flexibility index (Phi) is 8.19. The topological polar surface area (TPSA) is 95.0 Å². The maximum atomic E-state index is 13.2. The van der Waals surface area contributed by atoms with Gasteiger partial charge < -0.3 is 14.2 Å². The molecule has 0 bridgehead atoms. The molecule has 1 heterocycles. The number of anilines is 1. The van der Waals surface area contributed by atoms with Gasteiger partial charge in [0.05, 0.1) is 18.7 Å². The van der Waals surface area contributed by atoms with Crippen LogP contribution in [0.5, 0.6) is 0 Å². The number of esters is 1. The zero-order chi connectivity index (χ0) is 24.8. The molecule has 0 fully saturated rings. The maximum absolute atomic E-state index is 13.2. The minimum atomic E-state index is -0.935. The molecule has 0 atom stereocenters. The molecule has 0 aliphatic carbocycles. The van der Waals surface area contributed by atoms with E-state index < -0.39 is 29.4 Å². The quantitative estimate of drug-likeness (QED) is 0.431. The molecule has 2 rings (SSSR count). The van der Waals surface area contributed by atoms with Crippen molar-refractivity contribution in [3.8, 4) is 11.1 Å². The van der Waals surface area contributed by atoms with Crippen molar-refractivity contribution in [2.45, 2.75) is 66.1 Å². The Morgan fingerprint density at radius 2 is 1.39 bits per heavy atom. The van der Waals surface area contributed by atoms with E-state index in [0.717, 1.165) is 10.5 Å². The van der Waals surface area contributed by atoms with Crippen LogP contribution in [0.4, 0.5) is 15.4 Å². The number of rotatable bonds is 5. The summed E-state index contributed by atoms with van der Waals surface area (Å²) in [4.78, 5) is 43.7. The van der Waals surface area contributed by atoms with E-state index in [4.69, 9.17) is 14.2 Å². The number of hydrogen-bond donors (Lipinski definition) is 0. The van der Waals surface area contributed by atoms with Gasteiger partial charge in [0.25, 0.3) is 0 Å². The number of benzene rings is 1. The predicted molar refractivity (Wildman–Crippen MR) is 125 cm³/mol. The largest absolute Gasteiger partial charge is 0.466 e. The lowest BCUT2D eigenvalue weighted by Crippen LogP contribution is -2.44. The van der Waals surface area contributed by atoms with E-state index >= 15 is 0 Å². The molecule has 0 saturated heterocycles. The third-order valence-corrected chi connectivity index (χ3v) is 4.01. The molecule has 0 N–H and O–H groups in total. The number of carbonyl (C=O) groups is 3. The van der Waals surface area contributed by atoms with Gasteiger partial charge in [-0.3, -0.25) is 4.79 Å². The Morgan fingerprint density at radius 1 is 0.848 bits per heavy atom. The number of amides is 2. The number of pyridine rings is 1. The average molecular weight is 457 g/mol. The van der Waals surface area contributed by atoms with Crippen LogP contribution >= 0.6 is 0 Å². The highest BCUT2D eigenvalue weighted by Gasteiger charge is 2.35. The van der Waals surface area contributed by atoms with E-state index in [2.05, 4.69) is 4.98 Å². The molecule has 8 nitrogen and oxygen atoms in total. The fraction of sp³-hybridized carbons (Fsp3) is 0.440. The summed E-state index contributed by atoms with van der Waals surface area (Å²) in [6, 6.07) is 12.5. The first-order chi connectivity index (χ1) is 15.3. The Morgan fingerprint density at radius 3 is 1.88 bits per heavy atom. The van der Waals surface area contributed by atoms with Gasteiger partial charge in [-0.15, -0.1) is 0 Å². The van der Waals surface area contributed by atoms with Crippen molar-refractivity contribution in [2.24, 2.45) is 0 Å². The lowest BCUT2D eigenvalue weighted by Gasteiger charge is -2.29. The van der Waals surface area contributed by atoms with Gasteiger partial charge in [-0.2, -0.15) is 4.90 Å². The molecule has 2 amide bonds. The van der Waals surface area contributed by atoms with Crippen LogP contribution < -0.4 is 4.90 Å². The number of aromatic nitrogens is 1. The van der Waals surface area contributed by atoms with Crippen LogP contribution in [0.15, 0.2) is 42.5 Å². The molecule has 2 aromatic rings. The van der Waals surface area contributed by atoms with Crippen LogP contribution in [0.2, 0.25) is 0 Å². The van der Waals surface area contributed by atoms with Crippen LogP contribution in [0.3, 0.4) is 0 Å². The van der Waals surface area contributed by atoms with Crippen molar-refractivity contribution >= 4 is 24.0 Å². The standard InChI is InChI=1S/C25H32N2O6/c1-8-31-20(28)16-18-14-15-19(17-12-10-9-11-13-17)21(26-18)27(22(29)32-24(2,3)4)23(30)33-25(5,6)7/h9-15H,8,16H2,1-7H3. The zero-order valence-corrected chi connectivity index (χ0v) is 20.3. The Hall–Kier alpha value is -3.42. The van der Waals surface area contributed by atoms with Crippen molar-refractivity contribution in [3.63, 3.8) is 0 Å². The van der Waals surface area contributed by atoms with Crippen LogP contribution in [0, 0.1) is 0 Å². The number of nitrogens with zero attached hydrogens (tertiary/aromatic N) is 2. The third-order valence-electron chi connectivity index (χ3n) is 4.01. The van der Waals surface area contributed by atoms with Gasteiger partial charge in [-0.05, 0) is 66.2 Å². The summed E-state index contributed by atoms with van der Waals surface area (Å²) < 4.78 is 16.0. The van der Waals surface area contributed by atoms with Gasteiger partial charge in [0.2, 0.25) is 0 Å². The van der Waals surface area contributed by atoms with E-state index in [0.29, 0.717) is 11.3 Å². The first-order valence-electron chi connectivity index (χ1n) is 10.8. The number of imide groups is 1. The van der Waals surface area contributed by atoms with Crippen LogP contribution in [0.25, 0.3) is 11.1 Å². The molecule has 8 heteroatoms. The van der Waals surface area contributed by atoms with Crippen LogP contribution in [-0.4, -0.2) is 40.9 Å². The van der Waals surface area contributed by atoms with Crippen LogP contribution in [0.1, 0.15) is 54.2 Å². The highest BCUT2D eigenvalue weighted by Crippen LogP contribution is 2.32. The molecule has 0 saturated carbocycles. The number of carbonyl (C=O) groups excluding carboxylic acids is 3. The summed E-state index contributed by atoms with van der Waals surface area (Å²) in [6.07, 6.45) is -1.99. The van der Waals surface area contributed by atoms with Crippen molar-refractivity contribution in [1.82, 2.24) is 4.98 Å².